The van der Waals surface area contributed by atoms with E-state index < -0.39 is 41.2 Å². The van der Waals surface area contributed by atoms with Crippen LogP contribution in [0, 0.1) is 11.8 Å². The van der Waals surface area contributed by atoms with Crippen LogP contribution in [0.1, 0.15) is 18.1 Å². The molecule has 0 bridgehead atoms. The van der Waals surface area contributed by atoms with Crippen molar-refractivity contribution in [3.8, 4) is 0 Å². The number of halogens is 1. The molecule has 1 spiro atoms. The summed E-state index contributed by atoms with van der Waals surface area (Å²) >= 11 is 6.21. The molecule has 3 heterocycles. The Labute approximate surface area is 230 Å². The van der Waals surface area contributed by atoms with Gasteiger partial charge in [0.1, 0.15) is 12.1 Å². The summed E-state index contributed by atoms with van der Waals surface area (Å²) in [4.78, 5) is 57.6. The van der Waals surface area contributed by atoms with E-state index in [4.69, 9.17) is 16.3 Å². The molecule has 198 valence electrons. The normalized spacial score (nSPS) is 25.4. The zero-order valence-corrected chi connectivity index (χ0v) is 21.9. The van der Waals surface area contributed by atoms with Crippen LogP contribution in [0.5, 0.6) is 0 Å². The Bertz CT molecular complexity index is 1490. The van der Waals surface area contributed by atoms with Crippen molar-refractivity contribution < 1.29 is 23.9 Å². The Morgan fingerprint density at radius 3 is 2.46 bits per heavy atom. The number of nitrogens with zero attached hydrogens (tertiary/aromatic N) is 2. The zero-order chi connectivity index (χ0) is 27.3. The van der Waals surface area contributed by atoms with Crippen molar-refractivity contribution in [1.82, 2.24) is 5.32 Å². The van der Waals surface area contributed by atoms with Crippen LogP contribution in [0.3, 0.4) is 0 Å². The third kappa shape index (κ3) is 3.85. The van der Waals surface area contributed by atoms with Crippen molar-refractivity contribution in [3.63, 3.8) is 0 Å². The molecule has 0 unspecified atom stereocenters. The van der Waals surface area contributed by atoms with Gasteiger partial charge < -0.3 is 4.74 Å². The fourth-order valence-corrected chi connectivity index (χ4v) is 6.54. The van der Waals surface area contributed by atoms with E-state index in [0.717, 1.165) is 10.5 Å². The van der Waals surface area contributed by atoms with Gasteiger partial charge in [0, 0.05) is 22.3 Å². The maximum absolute atomic E-state index is 14.4. The highest BCUT2D eigenvalue weighted by Gasteiger charge is 2.71. The molecule has 2 saturated heterocycles. The minimum atomic E-state index is -1.52. The zero-order valence-electron chi connectivity index (χ0n) is 21.2. The fourth-order valence-electron chi connectivity index (χ4n) is 6.35. The summed E-state index contributed by atoms with van der Waals surface area (Å²) in [5.74, 6) is -3.68. The van der Waals surface area contributed by atoms with E-state index in [1.165, 1.54) is 4.90 Å². The minimum Gasteiger partial charge on any atom is -0.465 e. The smallest absolute Gasteiger partial charge is 0.326 e. The Balaban J connectivity index is 1.49. The van der Waals surface area contributed by atoms with Crippen molar-refractivity contribution in [2.75, 3.05) is 23.0 Å². The number of anilines is 2. The SMILES string of the molecule is CCOC(=O)CN1C(=O)[C@]2(N[C@H](Cc3ccccc3)[C@H]3C(=O)N(c4cccc(Cl)c4)C(=O)[C@H]32)c2ccccc21. The van der Waals surface area contributed by atoms with Crippen LogP contribution in [0.2, 0.25) is 5.02 Å². The van der Waals surface area contributed by atoms with Crippen molar-refractivity contribution in [2.24, 2.45) is 11.8 Å². The van der Waals surface area contributed by atoms with E-state index in [1.807, 2.05) is 30.3 Å². The first-order valence-electron chi connectivity index (χ1n) is 12.9. The van der Waals surface area contributed by atoms with Gasteiger partial charge in [0.25, 0.3) is 5.91 Å². The fraction of sp³-hybridized carbons (Fsp3) is 0.267. The lowest BCUT2D eigenvalue weighted by Crippen LogP contribution is -2.56. The molecule has 0 aromatic heterocycles. The molecule has 2 fully saturated rings. The van der Waals surface area contributed by atoms with Crippen molar-refractivity contribution in [1.29, 1.82) is 0 Å². The van der Waals surface area contributed by atoms with Gasteiger partial charge in [0.15, 0.2) is 0 Å². The van der Waals surface area contributed by atoms with Crippen LogP contribution in [-0.4, -0.2) is 42.9 Å². The predicted molar refractivity (Wildman–Crippen MR) is 145 cm³/mol. The molecule has 1 N–H and O–H groups in total. The van der Waals surface area contributed by atoms with Crippen LogP contribution in [0.25, 0.3) is 0 Å². The average Bonchev–Trinajstić information content (AvgIpc) is 3.48. The maximum atomic E-state index is 14.4. The van der Waals surface area contributed by atoms with Gasteiger partial charge in [-0.1, -0.05) is 66.2 Å². The van der Waals surface area contributed by atoms with Gasteiger partial charge in [-0.3, -0.25) is 29.4 Å². The second-order valence-corrected chi connectivity index (χ2v) is 10.4. The molecule has 3 amide bonds. The van der Waals surface area contributed by atoms with Gasteiger partial charge in [0.05, 0.1) is 24.1 Å². The third-order valence-electron chi connectivity index (χ3n) is 7.82. The number of benzene rings is 3. The van der Waals surface area contributed by atoms with E-state index in [0.29, 0.717) is 28.4 Å². The molecule has 0 radical (unpaired) electrons. The van der Waals surface area contributed by atoms with Gasteiger partial charge in [-0.25, -0.2) is 4.90 Å². The number of hydrogen-bond donors (Lipinski definition) is 1. The molecule has 4 atom stereocenters. The first kappa shape index (κ1) is 25.3. The summed E-state index contributed by atoms with van der Waals surface area (Å²) in [5, 5.41) is 3.86. The summed E-state index contributed by atoms with van der Waals surface area (Å²) in [6.45, 7) is 1.58. The molecule has 0 saturated carbocycles. The average molecular weight is 544 g/mol. The molecule has 6 rings (SSSR count). The molecule has 3 aromatic carbocycles. The van der Waals surface area contributed by atoms with Gasteiger partial charge in [-0.2, -0.15) is 0 Å². The second kappa shape index (κ2) is 9.63. The Hall–Kier alpha value is -4.01. The number of esters is 1. The molecule has 8 nitrogen and oxygen atoms in total. The number of fused-ring (bicyclic) bond motifs is 4. The number of ether oxygens (including phenoxy) is 1. The number of carbonyl (C=O) groups excluding carboxylic acids is 4. The Morgan fingerprint density at radius 2 is 1.72 bits per heavy atom. The highest BCUT2D eigenvalue weighted by atomic mass is 35.5. The van der Waals surface area contributed by atoms with Gasteiger partial charge in [-0.05, 0) is 43.2 Å². The molecular formula is C30H26ClN3O5. The lowest BCUT2D eigenvalue weighted by Gasteiger charge is -2.30. The lowest BCUT2D eigenvalue weighted by molar-refractivity contribution is -0.142. The second-order valence-electron chi connectivity index (χ2n) is 9.96. The number of para-hydroxylation sites is 1. The van der Waals surface area contributed by atoms with E-state index in [-0.39, 0.29) is 19.1 Å². The molecular weight excluding hydrogens is 518 g/mol. The van der Waals surface area contributed by atoms with Gasteiger partial charge in [-0.15, -0.1) is 0 Å². The van der Waals surface area contributed by atoms with Crippen LogP contribution in [0.4, 0.5) is 11.4 Å². The van der Waals surface area contributed by atoms with Crippen LogP contribution in [-0.2, 0) is 35.9 Å². The summed E-state index contributed by atoms with van der Waals surface area (Å²) in [6.07, 6.45) is 0.430. The number of nitrogens with one attached hydrogen (secondary N) is 1. The van der Waals surface area contributed by atoms with Gasteiger partial charge in [0.2, 0.25) is 11.8 Å². The highest BCUT2D eigenvalue weighted by Crippen LogP contribution is 2.55. The van der Waals surface area contributed by atoms with Crippen LogP contribution < -0.4 is 15.1 Å². The van der Waals surface area contributed by atoms with Crippen molar-refractivity contribution in [2.45, 2.75) is 24.9 Å². The molecule has 0 aliphatic carbocycles. The summed E-state index contributed by atoms with van der Waals surface area (Å²) in [7, 11) is 0. The highest BCUT2D eigenvalue weighted by molar-refractivity contribution is 6.31. The maximum Gasteiger partial charge on any atom is 0.326 e. The largest absolute Gasteiger partial charge is 0.465 e. The quantitative estimate of drug-likeness (QED) is 0.378. The summed E-state index contributed by atoms with van der Waals surface area (Å²) in [6, 6.07) is 22.8. The van der Waals surface area contributed by atoms with Crippen LogP contribution >= 0.6 is 11.6 Å². The Morgan fingerprint density at radius 1 is 0.974 bits per heavy atom. The van der Waals surface area contributed by atoms with Crippen molar-refractivity contribution in [3.05, 3.63) is 95.0 Å². The van der Waals surface area contributed by atoms with E-state index in [1.54, 1.807) is 55.5 Å². The van der Waals surface area contributed by atoms with E-state index in [2.05, 4.69) is 5.32 Å². The Kier molecular flexibility index (Phi) is 6.24. The third-order valence-corrected chi connectivity index (χ3v) is 8.06. The first-order valence-corrected chi connectivity index (χ1v) is 13.3. The topological polar surface area (TPSA) is 96.0 Å². The number of rotatable bonds is 6. The monoisotopic (exact) mass is 543 g/mol. The standard InChI is InChI=1S/C30H26ClN3O5/c1-2-39-24(35)17-33-23-14-7-6-13-21(23)30(29(33)38)26-25(22(32-30)15-18-9-4-3-5-10-18)27(36)34(28(26)37)20-12-8-11-19(31)16-20/h3-14,16,22,25-26,32H,2,15,17H2,1H3/t22-,25-,26+,30+/m1/s1. The summed E-state index contributed by atoms with van der Waals surface area (Å²) < 4.78 is 5.13. The number of hydrogen-bond acceptors (Lipinski definition) is 6. The molecule has 39 heavy (non-hydrogen) atoms. The molecule has 3 aliphatic heterocycles. The number of imide groups is 1. The van der Waals surface area contributed by atoms with E-state index >= 15 is 0 Å². The molecule has 3 aromatic rings. The molecule has 3 aliphatic rings. The van der Waals surface area contributed by atoms with E-state index in [9.17, 15) is 19.2 Å². The van der Waals surface area contributed by atoms with Crippen molar-refractivity contribution >= 4 is 46.7 Å². The molecule has 9 heteroatoms. The summed E-state index contributed by atoms with van der Waals surface area (Å²) in [5.41, 5.74) is 0.896. The lowest BCUT2D eigenvalue weighted by atomic mass is 9.76. The first-order chi connectivity index (χ1) is 18.9. The minimum absolute atomic E-state index is 0.178. The number of carbonyl (C=O) groups is 4. The van der Waals surface area contributed by atoms with Crippen LogP contribution in [0.15, 0.2) is 78.9 Å². The van der Waals surface area contributed by atoms with Gasteiger partial charge >= 0.3 is 5.97 Å². The predicted octanol–water partition coefficient (Wildman–Crippen LogP) is 3.47. The number of amides is 3.